The maximum atomic E-state index is 13.5. The minimum Gasteiger partial charge on any atom is -0.338 e. The molecule has 0 aromatic rings. The van der Waals surface area contributed by atoms with Gasteiger partial charge in [0.2, 0.25) is 5.85 Å². The zero-order chi connectivity index (χ0) is 14.8. The number of hydrogen-bond donors (Lipinski definition) is 0. The van der Waals surface area contributed by atoms with Crippen molar-refractivity contribution in [1.29, 1.82) is 0 Å². The van der Waals surface area contributed by atoms with Gasteiger partial charge in [-0.3, -0.25) is 0 Å². The van der Waals surface area contributed by atoms with Crippen LogP contribution < -0.4 is 0 Å². The van der Waals surface area contributed by atoms with Crippen LogP contribution >= 0.6 is 0 Å². The van der Waals surface area contributed by atoms with Crippen LogP contribution in [0.1, 0.15) is 6.92 Å². The molecule has 0 saturated carbocycles. The maximum Gasteiger partial charge on any atom is 0.308 e. The van der Waals surface area contributed by atoms with Gasteiger partial charge in [0.1, 0.15) is 18.1 Å². The molecule has 18 heavy (non-hydrogen) atoms. The molecule has 0 unspecified atom stereocenters. The molecule has 0 aliphatic rings. The molecule has 0 aliphatic carbocycles. The summed E-state index contributed by atoms with van der Waals surface area (Å²) >= 11 is 0. The van der Waals surface area contributed by atoms with E-state index >= 15 is 0 Å². The summed E-state index contributed by atoms with van der Waals surface area (Å²) in [6.07, 6.45) is 0. The lowest BCUT2D eigenvalue weighted by atomic mass is 10.4. The summed E-state index contributed by atoms with van der Waals surface area (Å²) < 4.78 is 107. The van der Waals surface area contributed by atoms with Crippen LogP contribution in [0.3, 0.4) is 0 Å². The van der Waals surface area contributed by atoms with Crippen LogP contribution in [0.25, 0.3) is 0 Å². The van der Waals surface area contributed by atoms with Gasteiger partial charge in [-0.05, 0) is 0 Å². The first kappa shape index (κ1) is 17.5. The Balaban J connectivity index is 5.04. The van der Waals surface area contributed by atoms with Gasteiger partial charge in [0.15, 0.2) is 0 Å². The minimum atomic E-state index is -5.60. The fraction of sp³-hybridized carbons (Fsp3) is 1.00. The van der Waals surface area contributed by atoms with Crippen LogP contribution in [-0.4, -0.2) is 46.7 Å². The van der Waals surface area contributed by atoms with Crippen LogP contribution in [0.4, 0.5) is 20.9 Å². The van der Waals surface area contributed by atoms with Gasteiger partial charge in [-0.1, -0.05) is 0 Å². The van der Waals surface area contributed by atoms with E-state index in [0.717, 1.165) is 0 Å². The van der Waals surface area contributed by atoms with Crippen molar-refractivity contribution in [1.82, 2.24) is 0 Å². The van der Waals surface area contributed by atoms with Gasteiger partial charge in [-0.15, -0.1) is 7.77 Å². The molecule has 12 heteroatoms. The lowest BCUT2D eigenvalue weighted by molar-refractivity contribution is -0.167. The molecule has 0 rings (SSSR count). The molecule has 0 aromatic heterocycles. The van der Waals surface area contributed by atoms with E-state index in [9.17, 15) is 37.8 Å². The third kappa shape index (κ3) is 9.53. The number of ether oxygens (including phenoxy) is 1. The van der Waals surface area contributed by atoms with E-state index in [4.69, 9.17) is 0 Å². The minimum absolute atomic E-state index is 0.251. The Kier molecular flexibility index (Phi) is 5.11. The Labute approximate surface area is 100 Å². The average molecular weight is 320 g/mol. The normalized spacial score (nSPS) is 14.8. The van der Waals surface area contributed by atoms with Gasteiger partial charge in [0.25, 0.3) is 5.92 Å². The van der Waals surface area contributed by atoms with Gasteiger partial charge < -0.3 is 4.74 Å². The highest BCUT2D eigenvalue weighted by Gasteiger charge is 2.43. The number of rotatable bonds is 7. The van der Waals surface area contributed by atoms with Crippen molar-refractivity contribution in [2.75, 3.05) is 18.1 Å². The van der Waals surface area contributed by atoms with Gasteiger partial charge in [0, 0.05) is 6.92 Å². The lowest BCUT2D eigenvalue weighted by Crippen LogP contribution is -2.43. The second-order valence-corrected chi connectivity index (χ2v) is 6.34. The summed E-state index contributed by atoms with van der Waals surface area (Å²) in [5, 5.41) is 0. The third-order valence-electron chi connectivity index (χ3n) is 1.36. The van der Waals surface area contributed by atoms with Crippen molar-refractivity contribution >= 4 is 20.4 Å². The summed E-state index contributed by atoms with van der Waals surface area (Å²) in [4.78, 5) is 0. The van der Waals surface area contributed by atoms with Crippen molar-refractivity contribution in [3.8, 4) is 0 Å². The van der Waals surface area contributed by atoms with Crippen molar-refractivity contribution < 1.29 is 42.5 Å². The number of halogens is 5. The molecule has 0 aromatic carbocycles. The quantitative estimate of drug-likeness (QED) is 0.515. The van der Waals surface area contributed by atoms with E-state index in [2.05, 4.69) is 4.74 Å². The highest BCUT2D eigenvalue weighted by Crippen LogP contribution is 2.24. The van der Waals surface area contributed by atoms with Crippen molar-refractivity contribution in [2.45, 2.75) is 18.7 Å². The molecular weight excluding hydrogens is 311 g/mol. The van der Waals surface area contributed by atoms with E-state index in [1.807, 2.05) is 0 Å². The Morgan fingerprint density at radius 2 is 1.28 bits per heavy atom. The number of hydrogen-bond acceptors (Lipinski definition) is 5. The van der Waals surface area contributed by atoms with E-state index in [0.29, 0.717) is 0 Å². The van der Waals surface area contributed by atoms with Crippen LogP contribution in [0.15, 0.2) is 0 Å². The van der Waals surface area contributed by atoms with Crippen molar-refractivity contribution in [3.63, 3.8) is 0 Å². The maximum absolute atomic E-state index is 13.5. The standard InChI is InChI=1S/C6H9F5O5S2/c1-5(7,8)2-16-6(9,3-17(10,12)13)4-18(11,14)15/h2-4H2,1H3. The topological polar surface area (TPSA) is 77.5 Å². The Morgan fingerprint density at radius 1 is 0.944 bits per heavy atom. The molecule has 0 atom stereocenters. The van der Waals surface area contributed by atoms with Crippen molar-refractivity contribution in [3.05, 3.63) is 0 Å². The van der Waals surface area contributed by atoms with Crippen LogP contribution in [-0.2, 0) is 25.2 Å². The lowest BCUT2D eigenvalue weighted by Gasteiger charge is -2.23. The van der Waals surface area contributed by atoms with E-state index in [1.54, 1.807) is 0 Å². The molecule has 0 fully saturated rings. The fourth-order valence-electron chi connectivity index (χ4n) is 0.896. The third-order valence-corrected chi connectivity index (χ3v) is 2.91. The highest BCUT2D eigenvalue weighted by molar-refractivity contribution is 7.87. The summed E-state index contributed by atoms with van der Waals surface area (Å²) in [6, 6.07) is 0. The Bertz CT molecular complexity index is 445. The number of alkyl halides is 3. The zero-order valence-corrected chi connectivity index (χ0v) is 10.5. The highest BCUT2D eigenvalue weighted by atomic mass is 32.3. The summed E-state index contributed by atoms with van der Waals surface area (Å²) in [6.45, 7) is -1.49. The van der Waals surface area contributed by atoms with E-state index < -0.39 is 50.3 Å². The molecule has 0 radical (unpaired) electrons. The van der Waals surface area contributed by atoms with Gasteiger partial charge in [-0.25, -0.2) is 13.2 Å². The van der Waals surface area contributed by atoms with Crippen molar-refractivity contribution in [2.24, 2.45) is 0 Å². The molecule has 0 heterocycles. The predicted molar refractivity (Wildman–Crippen MR) is 50.2 cm³/mol. The molecule has 0 saturated heterocycles. The van der Waals surface area contributed by atoms with Crippen LogP contribution in [0.5, 0.6) is 0 Å². The molecule has 0 aliphatic heterocycles. The van der Waals surface area contributed by atoms with Crippen LogP contribution in [0, 0.1) is 0 Å². The Hall–Kier alpha value is -0.490. The SMILES string of the molecule is CC(F)(F)COC(F)(CS(=O)(=O)F)CS(=O)(=O)F. The summed E-state index contributed by atoms with van der Waals surface area (Å²) in [7, 11) is -11.2. The second kappa shape index (κ2) is 5.25. The first-order chi connectivity index (χ1) is 7.62. The van der Waals surface area contributed by atoms with Gasteiger partial charge in [-0.2, -0.15) is 16.8 Å². The molecule has 0 N–H and O–H groups in total. The van der Waals surface area contributed by atoms with E-state index in [-0.39, 0.29) is 6.92 Å². The first-order valence-electron chi connectivity index (χ1n) is 4.17. The van der Waals surface area contributed by atoms with Crippen LogP contribution in [0.2, 0.25) is 0 Å². The smallest absolute Gasteiger partial charge is 0.308 e. The molecule has 0 spiro atoms. The van der Waals surface area contributed by atoms with E-state index in [1.165, 1.54) is 0 Å². The summed E-state index contributed by atoms with van der Waals surface area (Å²) in [5.74, 6) is -12.0. The second-order valence-electron chi connectivity index (χ2n) is 3.61. The fourth-order valence-corrected chi connectivity index (χ4v) is 2.43. The molecular formula is C6H9F5O5S2. The largest absolute Gasteiger partial charge is 0.338 e. The summed E-state index contributed by atoms with van der Waals surface area (Å²) in [5.41, 5.74) is 0. The van der Waals surface area contributed by atoms with Gasteiger partial charge >= 0.3 is 20.4 Å². The molecule has 0 amide bonds. The predicted octanol–water partition coefficient (Wildman–Crippen LogP) is 0.923. The molecule has 110 valence electrons. The average Bonchev–Trinajstić information content (AvgIpc) is 1.91. The molecule has 0 bridgehead atoms. The Morgan fingerprint density at radius 3 is 1.50 bits per heavy atom. The molecule has 5 nitrogen and oxygen atoms in total. The first-order valence-corrected chi connectivity index (χ1v) is 7.28. The monoisotopic (exact) mass is 320 g/mol. The van der Waals surface area contributed by atoms with Gasteiger partial charge in [0.05, 0.1) is 0 Å². The zero-order valence-electron chi connectivity index (χ0n) is 8.87.